The van der Waals surface area contributed by atoms with Gasteiger partial charge in [-0.25, -0.2) is 0 Å². The number of hydrogen-bond donors (Lipinski definition) is 0. The van der Waals surface area contributed by atoms with Gasteiger partial charge in [-0.2, -0.15) is 0 Å². The van der Waals surface area contributed by atoms with Crippen molar-refractivity contribution in [2.75, 3.05) is 11.8 Å². The lowest BCUT2D eigenvalue weighted by molar-refractivity contribution is -0.134. The monoisotopic (exact) mass is 496 g/mol. The smallest absolute Gasteiger partial charge is 0.312 e. The van der Waals surface area contributed by atoms with Crippen LogP contribution in [0.4, 0.5) is 0 Å². The molecule has 3 aromatic rings. The fourth-order valence-electron chi connectivity index (χ4n) is 3.58. The molecule has 0 N–H and O–H groups in total. The van der Waals surface area contributed by atoms with Crippen LogP contribution in [0.2, 0.25) is 0 Å². The summed E-state index contributed by atoms with van der Waals surface area (Å²) in [6.07, 6.45) is 1.12. The first kappa shape index (κ1) is 25.5. The summed E-state index contributed by atoms with van der Waals surface area (Å²) in [7, 11) is 0. The number of hydrogen-bond acceptors (Lipinski definition) is 4. The highest BCUT2D eigenvalue weighted by Gasteiger charge is 2.14. The van der Waals surface area contributed by atoms with Crippen LogP contribution in [0.5, 0.6) is 11.5 Å². The third kappa shape index (κ3) is 6.96. The van der Waals surface area contributed by atoms with E-state index >= 15 is 0 Å². The Morgan fingerprint density at radius 3 is 1.47 bits per heavy atom. The van der Waals surface area contributed by atoms with Gasteiger partial charge in [-0.05, 0) is 58.5 Å². The van der Waals surface area contributed by atoms with Crippen molar-refractivity contribution in [1.29, 1.82) is 0 Å². The standard InChI is InChI=1S/C28H26Cl2O4/c1-2-25(20-6-4-3-5-7-20)28(21-8-12-23(13-9-21)33-26(31)16-18-29)22-10-14-24(15-11-22)34-27(32)17-19-30/h3-15H,2,16-19H2,1H3. The maximum absolute atomic E-state index is 11.8. The fraction of sp³-hybridized carbons (Fsp3) is 0.214. The molecule has 0 aromatic heterocycles. The molecule has 6 heteroatoms. The maximum Gasteiger partial charge on any atom is 0.312 e. The van der Waals surface area contributed by atoms with Crippen molar-refractivity contribution in [3.05, 3.63) is 95.6 Å². The van der Waals surface area contributed by atoms with Gasteiger partial charge in [-0.15, -0.1) is 23.2 Å². The van der Waals surface area contributed by atoms with Crippen LogP contribution < -0.4 is 9.47 Å². The van der Waals surface area contributed by atoms with Crippen LogP contribution >= 0.6 is 23.2 Å². The quantitative estimate of drug-likeness (QED) is 0.130. The van der Waals surface area contributed by atoms with E-state index in [-0.39, 0.29) is 36.5 Å². The van der Waals surface area contributed by atoms with Crippen molar-refractivity contribution in [3.8, 4) is 11.5 Å². The Kier molecular flexibility index (Phi) is 9.75. The molecular weight excluding hydrogens is 471 g/mol. The molecule has 0 radical (unpaired) electrons. The van der Waals surface area contributed by atoms with Gasteiger partial charge in [0.05, 0.1) is 12.8 Å². The number of ether oxygens (including phenoxy) is 2. The average molecular weight is 497 g/mol. The highest BCUT2D eigenvalue weighted by molar-refractivity contribution is 6.19. The van der Waals surface area contributed by atoms with Crippen LogP contribution in [0, 0.1) is 0 Å². The van der Waals surface area contributed by atoms with Gasteiger partial charge in [-0.3, -0.25) is 9.59 Å². The maximum atomic E-state index is 11.8. The van der Waals surface area contributed by atoms with E-state index in [9.17, 15) is 9.59 Å². The van der Waals surface area contributed by atoms with Gasteiger partial charge in [0.2, 0.25) is 0 Å². The minimum absolute atomic E-state index is 0.157. The Bertz CT molecular complexity index is 1060. The molecule has 0 amide bonds. The number of rotatable bonds is 10. The van der Waals surface area contributed by atoms with Crippen LogP contribution in [0.1, 0.15) is 42.9 Å². The molecule has 4 nitrogen and oxygen atoms in total. The summed E-state index contributed by atoms with van der Waals surface area (Å²) in [4.78, 5) is 23.6. The molecule has 176 valence electrons. The van der Waals surface area contributed by atoms with Gasteiger partial charge >= 0.3 is 11.9 Å². The summed E-state index contributed by atoms with van der Waals surface area (Å²) in [5, 5.41) is 0. The average Bonchev–Trinajstić information content (AvgIpc) is 2.85. The third-order valence-corrected chi connectivity index (χ3v) is 5.50. The van der Waals surface area contributed by atoms with Crippen LogP contribution in [0.25, 0.3) is 11.1 Å². The van der Waals surface area contributed by atoms with Crippen molar-refractivity contribution < 1.29 is 19.1 Å². The molecule has 3 aromatic carbocycles. The van der Waals surface area contributed by atoms with E-state index in [0.717, 1.165) is 28.7 Å². The Hall–Kier alpha value is -3.08. The van der Waals surface area contributed by atoms with Crippen LogP contribution in [-0.4, -0.2) is 23.7 Å². The normalized spacial score (nSPS) is 10.4. The molecule has 0 bridgehead atoms. The second-order valence-corrected chi connectivity index (χ2v) is 8.20. The van der Waals surface area contributed by atoms with Crippen LogP contribution in [-0.2, 0) is 9.59 Å². The molecule has 0 spiro atoms. The van der Waals surface area contributed by atoms with Gasteiger partial charge in [0, 0.05) is 11.8 Å². The summed E-state index contributed by atoms with van der Waals surface area (Å²) >= 11 is 11.2. The molecule has 0 unspecified atom stereocenters. The minimum atomic E-state index is -0.364. The van der Waals surface area contributed by atoms with Gasteiger partial charge in [-0.1, -0.05) is 61.5 Å². The van der Waals surface area contributed by atoms with E-state index in [4.69, 9.17) is 32.7 Å². The Balaban J connectivity index is 2.01. The molecule has 34 heavy (non-hydrogen) atoms. The van der Waals surface area contributed by atoms with Crippen molar-refractivity contribution in [2.24, 2.45) is 0 Å². The zero-order valence-corrected chi connectivity index (χ0v) is 20.4. The molecule has 0 saturated carbocycles. The van der Waals surface area contributed by atoms with Crippen LogP contribution in [0.3, 0.4) is 0 Å². The number of carbonyl (C=O) groups excluding carboxylic acids is 2. The van der Waals surface area contributed by atoms with Crippen molar-refractivity contribution in [1.82, 2.24) is 0 Å². The van der Waals surface area contributed by atoms with Gasteiger partial charge in [0.15, 0.2) is 0 Å². The fourth-order valence-corrected chi connectivity index (χ4v) is 3.89. The lowest BCUT2D eigenvalue weighted by Crippen LogP contribution is -2.08. The van der Waals surface area contributed by atoms with Gasteiger partial charge < -0.3 is 9.47 Å². The summed E-state index contributed by atoms with van der Waals surface area (Å²) in [6, 6.07) is 25.1. The minimum Gasteiger partial charge on any atom is -0.426 e. The SMILES string of the molecule is CCC(=C(c1ccc(OC(=O)CCCl)cc1)c1ccc(OC(=O)CCCl)cc1)c1ccccc1. The van der Waals surface area contributed by atoms with Gasteiger partial charge in [0.25, 0.3) is 0 Å². The molecule has 3 rings (SSSR count). The zero-order valence-electron chi connectivity index (χ0n) is 18.9. The number of esters is 2. The van der Waals surface area contributed by atoms with Gasteiger partial charge in [0.1, 0.15) is 11.5 Å². The molecule has 0 atom stereocenters. The Morgan fingerprint density at radius 2 is 1.09 bits per heavy atom. The largest absolute Gasteiger partial charge is 0.426 e. The number of carbonyl (C=O) groups is 2. The van der Waals surface area contributed by atoms with E-state index in [2.05, 4.69) is 19.1 Å². The molecule has 0 aliphatic heterocycles. The lowest BCUT2D eigenvalue weighted by Gasteiger charge is -2.17. The highest BCUT2D eigenvalue weighted by Crippen LogP contribution is 2.35. The number of benzene rings is 3. The molecular formula is C28H26Cl2O4. The summed E-state index contributed by atoms with van der Waals surface area (Å²) in [5.41, 5.74) is 5.29. The third-order valence-electron chi connectivity index (χ3n) is 5.12. The van der Waals surface area contributed by atoms with E-state index in [0.29, 0.717) is 11.5 Å². The topological polar surface area (TPSA) is 52.6 Å². The Labute approximate surface area is 210 Å². The molecule has 0 aliphatic rings. The predicted octanol–water partition coefficient (Wildman–Crippen LogP) is 7.12. The lowest BCUT2D eigenvalue weighted by atomic mass is 9.88. The molecule has 0 fully saturated rings. The van der Waals surface area contributed by atoms with Crippen molar-refractivity contribution in [2.45, 2.75) is 26.2 Å². The van der Waals surface area contributed by atoms with Crippen LogP contribution in [0.15, 0.2) is 78.9 Å². The first-order valence-electron chi connectivity index (χ1n) is 11.1. The summed E-state index contributed by atoms with van der Waals surface area (Å²) < 4.78 is 10.7. The van der Waals surface area contributed by atoms with Crippen molar-refractivity contribution >= 4 is 46.3 Å². The van der Waals surface area contributed by atoms with E-state index in [1.807, 2.05) is 42.5 Å². The number of alkyl halides is 2. The molecule has 0 saturated heterocycles. The second kappa shape index (κ2) is 13.0. The summed E-state index contributed by atoms with van der Waals surface area (Å²) in [6.45, 7) is 2.12. The highest BCUT2D eigenvalue weighted by atomic mass is 35.5. The zero-order chi connectivity index (χ0) is 24.3. The molecule has 0 aliphatic carbocycles. The molecule has 0 heterocycles. The first-order valence-corrected chi connectivity index (χ1v) is 12.1. The first-order chi connectivity index (χ1) is 16.5. The number of allylic oxidation sites excluding steroid dienone is 1. The second-order valence-electron chi connectivity index (χ2n) is 7.45. The Morgan fingerprint density at radius 1 is 0.647 bits per heavy atom. The van der Waals surface area contributed by atoms with Crippen molar-refractivity contribution in [3.63, 3.8) is 0 Å². The van der Waals surface area contributed by atoms with E-state index < -0.39 is 0 Å². The summed E-state index contributed by atoms with van der Waals surface area (Å²) in [5.74, 6) is 0.651. The van der Waals surface area contributed by atoms with E-state index in [1.54, 1.807) is 24.3 Å². The predicted molar refractivity (Wildman–Crippen MR) is 137 cm³/mol. The number of halogens is 2. The van der Waals surface area contributed by atoms with E-state index in [1.165, 1.54) is 5.57 Å².